The van der Waals surface area contributed by atoms with Crippen LogP contribution in [-0.2, 0) is 9.59 Å². The average Bonchev–Trinajstić information content (AvgIpc) is 2.74. The molecular formula is C21H25F2N3O3. The molecule has 4 rings (SSSR count). The summed E-state index contributed by atoms with van der Waals surface area (Å²) < 4.78 is 27.4. The van der Waals surface area contributed by atoms with Crippen LogP contribution < -0.4 is 5.32 Å². The first-order chi connectivity index (χ1) is 14.0. The van der Waals surface area contributed by atoms with E-state index in [4.69, 9.17) is 0 Å². The Bertz CT molecular complexity index is 825. The summed E-state index contributed by atoms with van der Waals surface area (Å²) in [6.07, 6.45) is 6.39. The Morgan fingerprint density at radius 2 is 1.86 bits per heavy atom. The highest BCUT2D eigenvalue weighted by Gasteiger charge is 2.45. The SMILES string of the molecule is O=C1N[C@@H](CC2CCCCC2)C(=O)N2CCN(C(=O)c3cccc(F)c3F)C[C@H]12. The van der Waals surface area contributed by atoms with Crippen LogP contribution >= 0.6 is 0 Å². The van der Waals surface area contributed by atoms with Gasteiger partial charge in [-0.25, -0.2) is 8.78 Å². The smallest absolute Gasteiger partial charge is 0.257 e. The first kappa shape index (κ1) is 19.8. The molecule has 2 aliphatic heterocycles. The number of nitrogens with zero attached hydrogens (tertiary/aromatic N) is 2. The lowest BCUT2D eigenvalue weighted by molar-refractivity contribution is -0.152. The van der Waals surface area contributed by atoms with E-state index >= 15 is 0 Å². The van der Waals surface area contributed by atoms with Crippen LogP contribution in [0, 0.1) is 17.6 Å². The summed E-state index contributed by atoms with van der Waals surface area (Å²) in [4.78, 5) is 41.1. The van der Waals surface area contributed by atoms with E-state index in [0.717, 1.165) is 18.9 Å². The molecule has 1 aromatic carbocycles. The van der Waals surface area contributed by atoms with Crippen LogP contribution in [-0.4, -0.2) is 59.2 Å². The molecule has 156 valence electrons. The van der Waals surface area contributed by atoms with Gasteiger partial charge in [0.1, 0.15) is 12.1 Å². The highest BCUT2D eigenvalue weighted by Crippen LogP contribution is 2.29. The summed E-state index contributed by atoms with van der Waals surface area (Å²) in [5.74, 6) is -2.91. The minimum atomic E-state index is -1.20. The molecule has 2 atom stereocenters. The minimum Gasteiger partial charge on any atom is -0.342 e. The van der Waals surface area contributed by atoms with Crippen molar-refractivity contribution in [3.63, 3.8) is 0 Å². The molecule has 2 saturated heterocycles. The Hall–Kier alpha value is -2.51. The van der Waals surface area contributed by atoms with Gasteiger partial charge in [-0.05, 0) is 24.5 Å². The number of fused-ring (bicyclic) bond motifs is 1. The second kappa shape index (κ2) is 8.08. The predicted octanol–water partition coefficient (Wildman–Crippen LogP) is 2.09. The number of benzene rings is 1. The molecular weight excluding hydrogens is 380 g/mol. The third-order valence-electron chi connectivity index (χ3n) is 6.34. The molecule has 0 spiro atoms. The number of halogens is 2. The molecule has 0 radical (unpaired) electrons. The van der Waals surface area contributed by atoms with E-state index in [0.29, 0.717) is 12.3 Å². The van der Waals surface area contributed by atoms with E-state index in [-0.39, 0.29) is 37.0 Å². The summed E-state index contributed by atoms with van der Waals surface area (Å²) in [6, 6.07) is 2.14. The van der Waals surface area contributed by atoms with Gasteiger partial charge in [-0.2, -0.15) is 0 Å². The molecule has 3 amide bonds. The standard InChI is InChI=1S/C21H25F2N3O3/c22-15-8-4-7-14(18(15)23)20(28)25-9-10-26-17(12-25)19(27)24-16(21(26)29)11-13-5-2-1-3-6-13/h4,7-8,13,16-17H,1-3,5-6,9-12H2,(H,24,27)/t16-,17+/m0/s1. The van der Waals surface area contributed by atoms with Gasteiger partial charge in [0.05, 0.1) is 12.1 Å². The molecule has 0 aromatic heterocycles. The van der Waals surface area contributed by atoms with Gasteiger partial charge in [0.2, 0.25) is 11.8 Å². The maximum atomic E-state index is 14.0. The monoisotopic (exact) mass is 405 g/mol. The zero-order valence-electron chi connectivity index (χ0n) is 16.2. The van der Waals surface area contributed by atoms with Crippen LogP contribution in [0.1, 0.15) is 48.9 Å². The average molecular weight is 405 g/mol. The van der Waals surface area contributed by atoms with E-state index in [1.54, 1.807) is 0 Å². The van der Waals surface area contributed by atoms with Crippen LogP contribution in [0.3, 0.4) is 0 Å². The van der Waals surface area contributed by atoms with Crippen molar-refractivity contribution in [3.05, 3.63) is 35.4 Å². The first-order valence-electron chi connectivity index (χ1n) is 10.3. The second-order valence-corrected chi connectivity index (χ2v) is 8.20. The van der Waals surface area contributed by atoms with Crippen molar-refractivity contribution in [2.75, 3.05) is 19.6 Å². The Labute approximate surface area is 168 Å². The third kappa shape index (κ3) is 3.84. The zero-order chi connectivity index (χ0) is 20.5. The molecule has 3 fully saturated rings. The lowest BCUT2D eigenvalue weighted by Gasteiger charge is -2.45. The van der Waals surface area contributed by atoms with Crippen molar-refractivity contribution >= 4 is 17.7 Å². The maximum Gasteiger partial charge on any atom is 0.257 e. The largest absolute Gasteiger partial charge is 0.342 e. The Morgan fingerprint density at radius 3 is 2.62 bits per heavy atom. The molecule has 1 aromatic rings. The quantitative estimate of drug-likeness (QED) is 0.837. The van der Waals surface area contributed by atoms with Gasteiger partial charge >= 0.3 is 0 Å². The predicted molar refractivity (Wildman–Crippen MR) is 101 cm³/mol. The maximum absolute atomic E-state index is 14.0. The molecule has 0 unspecified atom stereocenters. The summed E-state index contributed by atoms with van der Waals surface area (Å²) in [5.41, 5.74) is -0.365. The first-order valence-corrected chi connectivity index (χ1v) is 10.3. The number of amides is 3. The number of nitrogens with one attached hydrogen (secondary N) is 1. The highest BCUT2D eigenvalue weighted by atomic mass is 19.2. The molecule has 6 nitrogen and oxygen atoms in total. The Morgan fingerprint density at radius 1 is 1.10 bits per heavy atom. The van der Waals surface area contributed by atoms with Gasteiger partial charge < -0.3 is 15.1 Å². The number of piperazine rings is 2. The molecule has 29 heavy (non-hydrogen) atoms. The van der Waals surface area contributed by atoms with Gasteiger partial charge in [-0.1, -0.05) is 38.2 Å². The number of carbonyl (C=O) groups excluding carboxylic acids is 3. The van der Waals surface area contributed by atoms with Crippen LogP contribution in [0.25, 0.3) is 0 Å². The third-order valence-corrected chi connectivity index (χ3v) is 6.34. The summed E-state index contributed by atoms with van der Waals surface area (Å²) in [5, 5.41) is 2.83. The minimum absolute atomic E-state index is 0.0253. The number of hydrogen-bond acceptors (Lipinski definition) is 3. The fourth-order valence-corrected chi connectivity index (χ4v) is 4.74. The number of carbonyl (C=O) groups is 3. The van der Waals surface area contributed by atoms with E-state index in [2.05, 4.69) is 5.32 Å². The van der Waals surface area contributed by atoms with Crippen molar-refractivity contribution in [2.45, 2.75) is 50.6 Å². The van der Waals surface area contributed by atoms with E-state index in [1.807, 2.05) is 0 Å². The molecule has 8 heteroatoms. The van der Waals surface area contributed by atoms with Crippen LogP contribution in [0.5, 0.6) is 0 Å². The van der Waals surface area contributed by atoms with Crippen molar-refractivity contribution < 1.29 is 23.2 Å². The van der Waals surface area contributed by atoms with E-state index in [1.165, 1.54) is 41.2 Å². The fourth-order valence-electron chi connectivity index (χ4n) is 4.74. The van der Waals surface area contributed by atoms with Gasteiger partial charge in [0.25, 0.3) is 5.91 Å². The molecule has 0 bridgehead atoms. The number of rotatable bonds is 3. The molecule has 1 aliphatic carbocycles. The van der Waals surface area contributed by atoms with Crippen molar-refractivity contribution in [3.8, 4) is 0 Å². The zero-order valence-corrected chi connectivity index (χ0v) is 16.2. The van der Waals surface area contributed by atoms with Gasteiger partial charge in [-0.3, -0.25) is 14.4 Å². The number of hydrogen-bond donors (Lipinski definition) is 1. The highest BCUT2D eigenvalue weighted by molar-refractivity contribution is 5.99. The second-order valence-electron chi connectivity index (χ2n) is 8.20. The molecule has 1 N–H and O–H groups in total. The van der Waals surface area contributed by atoms with Crippen molar-refractivity contribution in [1.82, 2.24) is 15.1 Å². The topological polar surface area (TPSA) is 69.7 Å². The van der Waals surface area contributed by atoms with E-state index < -0.39 is 29.6 Å². The summed E-state index contributed by atoms with van der Waals surface area (Å²) in [7, 11) is 0. The van der Waals surface area contributed by atoms with Gasteiger partial charge in [-0.15, -0.1) is 0 Å². The van der Waals surface area contributed by atoms with Crippen LogP contribution in [0.15, 0.2) is 18.2 Å². The fraction of sp³-hybridized carbons (Fsp3) is 0.571. The van der Waals surface area contributed by atoms with Gasteiger partial charge in [0, 0.05) is 13.1 Å². The molecule has 2 heterocycles. The lowest BCUT2D eigenvalue weighted by Crippen LogP contribution is -2.69. The van der Waals surface area contributed by atoms with Crippen LogP contribution in [0.4, 0.5) is 8.78 Å². The lowest BCUT2D eigenvalue weighted by atomic mass is 9.84. The van der Waals surface area contributed by atoms with E-state index in [9.17, 15) is 23.2 Å². The van der Waals surface area contributed by atoms with Crippen molar-refractivity contribution in [2.24, 2.45) is 5.92 Å². The molecule has 1 saturated carbocycles. The summed E-state index contributed by atoms with van der Waals surface area (Å²) in [6.45, 7) is 0.365. The van der Waals surface area contributed by atoms with Crippen molar-refractivity contribution in [1.29, 1.82) is 0 Å². The van der Waals surface area contributed by atoms with Gasteiger partial charge in [0.15, 0.2) is 11.6 Å². The Balaban J connectivity index is 1.44. The van der Waals surface area contributed by atoms with Crippen LogP contribution in [0.2, 0.25) is 0 Å². The summed E-state index contributed by atoms with van der Waals surface area (Å²) >= 11 is 0. The Kier molecular flexibility index (Phi) is 5.52. The molecule has 3 aliphatic rings. The normalized spacial score (nSPS) is 25.6.